The predicted octanol–water partition coefficient (Wildman–Crippen LogP) is 3.78. The van der Waals surface area contributed by atoms with E-state index in [1.54, 1.807) is 29.9 Å². The standard InChI is InChI=1S/C9H11O2PS3/c1-10-8-2-4-9(5-3-8)11-12(13)14-6-7-15-12/h2-5H,6-7H2,1H3. The highest BCUT2D eigenvalue weighted by Crippen LogP contribution is 2.73. The first kappa shape index (κ1) is 11.6. The molecule has 15 heavy (non-hydrogen) atoms. The van der Waals surface area contributed by atoms with Gasteiger partial charge in [-0.2, -0.15) is 0 Å². The molecule has 1 heterocycles. The molecule has 0 aromatic heterocycles. The third-order valence-corrected chi connectivity index (χ3v) is 11.4. The molecule has 6 heteroatoms. The number of ether oxygens (including phenoxy) is 1. The Morgan fingerprint density at radius 2 is 1.67 bits per heavy atom. The second-order valence-electron chi connectivity index (χ2n) is 2.88. The first-order valence-electron chi connectivity index (χ1n) is 4.45. The number of hydrogen-bond donors (Lipinski definition) is 0. The van der Waals surface area contributed by atoms with Gasteiger partial charge in [-0.15, -0.1) is 0 Å². The third kappa shape index (κ3) is 3.06. The average molecular weight is 278 g/mol. The van der Waals surface area contributed by atoms with E-state index in [1.165, 1.54) is 0 Å². The molecule has 0 bridgehead atoms. The molecule has 1 fully saturated rings. The Kier molecular flexibility index (Phi) is 3.88. The van der Waals surface area contributed by atoms with Crippen LogP contribution in [0.5, 0.6) is 11.5 Å². The monoisotopic (exact) mass is 278 g/mol. The topological polar surface area (TPSA) is 18.5 Å². The summed E-state index contributed by atoms with van der Waals surface area (Å²) in [5, 5.41) is 0. The van der Waals surface area contributed by atoms with Gasteiger partial charge in [-0.3, -0.25) is 0 Å². The van der Waals surface area contributed by atoms with E-state index < -0.39 is 4.67 Å². The molecule has 1 aromatic rings. The van der Waals surface area contributed by atoms with Gasteiger partial charge in [-0.25, -0.2) is 0 Å². The molecule has 1 aromatic carbocycles. The van der Waals surface area contributed by atoms with Crippen molar-refractivity contribution in [3.05, 3.63) is 24.3 Å². The highest BCUT2D eigenvalue weighted by Gasteiger charge is 2.26. The second-order valence-corrected chi connectivity index (χ2v) is 13.5. The molecule has 0 atom stereocenters. The molecular weight excluding hydrogens is 267 g/mol. The van der Waals surface area contributed by atoms with E-state index in [0.29, 0.717) is 0 Å². The van der Waals surface area contributed by atoms with Crippen LogP contribution >= 0.6 is 27.4 Å². The summed E-state index contributed by atoms with van der Waals surface area (Å²) in [6.07, 6.45) is 0. The van der Waals surface area contributed by atoms with Crippen molar-refractivity contribution >= 4 is 39.2 Å². The summed E-state index contributed by atoms with van der Waals surface area (Å²) >= 11 is 9.06. The van der Waals surface area contributed by atoms with Crippen LogP contribution in [-0.4, -0.2) is 18.6 Å². The average Bonchev–Trinajstić information content (AvgIpc) is 2.66. The van der Waals surface area contributed by atoms with Crippen molar-refractivity contribution in [3.63, 3.8) is 0 Å². The van der Waals surface area contributed by atoms with Gasteiger partial charge in [0.25, 0.3) is 0 Å². The first-order valence-corrected chi connectivity index (χ1v) is 10.3. The van der Waals surface area contributed by atoms with Crippen LogP contribution in [0.4, 0.5) is 0 Å². The van der Waals surface area contributed by atoms with E-state index in [1.807, 2.05) is 24.3 Å². The number of benzene rings is 1. The van der Waals surface area contributed by atoms with Gasteiger partial charge in [0.15, 0.2) is 0 Å². The lowest BCUT2D eigenvalue weighted by Crippen LogP contribution is -1.85. The van der Waals surface area contributed by atoms with Crippen LogP contribution < -0.4 is 9.26 Å². The lowest BCUT2D eigenvalue weighted by Gasteiger charge is -2.15. The van der Waals surface area contributed by atoms with E-state index in [-0.39, 0.29) is 0 Å². The smallest absolute Gasteiger partial charge is 0.222 e. The van der Waals surface area contributed by atoms with Crippen LogP contribution in [-0.2, 0) is 11.8 Å². The van der Waals surface area contributed by atoms with Crippen LogP contribution in [0, 0.1) is 0 Å². The number of hydrogen-bond acceptors (Lipinski definition) is 5. The summed E-state index contributed by atoms with van der Waals surface area (Å²) in [6, 6.07) is 7.60. The molecule has 0 N–H and O–H groups in total. The molecule has 1 aliphatic heterocycles. The summed E-state index contributed by atoms with van der Waals surface area (Å²) in [7, 11) is 1.65. The fraction of sp³-hybridized carbons (Fsp3) is 0.333. The van der Waals surface area contributed by atoms with Crippen LogP contribution in [0.25, 0.3) is 0 Å². The van der Waals surface area contributed by atoms with Crippen LogP contribution in [0.3, 0.4) is 0 Å². The molecule has 2 nitrogen and oxygen atoms in total. The van der Waals surface area contributed by atoms with Crippen molar-refractivity contribution in [2.24, 2.45) is 0 Å². The van der Waals surface area contributed by atoms with Gasteiger partial charge in [-0.1, -0.05) is 22.8 Å². The maximum Gasteiger partial charge on any atom is 0.222 e. The molecule has 1 aliphatic rings. The minimum Gasteiger partial charge on any atom is -0.497 e. The van der Waals surface area contributed by atoms with Gasteiger partial charge in [0.05, 0.1) is 7.11 Å². The predicted molar refractivity (Wildman–Crippen MR) is 72.8 cm³/mol. The molecule has 0 spiro atoms. The van der Waals surface area contributed by atoms with Crippen molar-refractivity contribution in [2.45, 2.75) is 0 Å². The van der Waals surface area contributed by atoms with Gasteiger partial charge in [0, 0.05) is 11.5 Å². The van der Waals surface area contributed by atoms with E-state index in [9.17, 15) is 0 Å². The maximum absolute atomic E-state index is 5.86. The Bertz CT molecular complexity index is 369. The van der Waals surface area contributed by atoms with E-state index in [0.717, 1.165) is 23.0 Å². The molecule has 0 radical (unpaired) electrons. The summed E-state index contributed by atoms with van der Waals surface area (Å²) in [5.74, 6) is 3.91. The normalized spacial score (nSPS) is 18.7. The van der Waals surface area contributed by atoms with Gasteiger partial charge < -0.3 is 9.26 Å². The molecule has 0 unspecified atom stereocenters. The van der Waals surface area contributed by atoms with E-state index in [4.69, 9.17) is 21.1 Å². The minimum atomic E-state index is -1.69. The second kappa shape index (κ2) is 5.00. The van der Waals surface area contributed by atoms with Gasteiger partial charge in [0.1, 0.15) is 11.5 Å². The Morgan fingerprint density at radius 1 is 1.13 bits per heavy atom. The summed E-state index contributed by atoms with van der Waals surface area (Å²) < 4.78 is 9.25. The SMILES string of the molecule is COc1ccc(OP2(=S)SCCS2)cc1. The Morgan fingerprint density at radius 3 is 2.20 bits per heavy atom. The minimum absolute atomic E-state index is 0.839. The van der Waals surface area contributed by atoms with E-state index >= 15 is 0 Å². The van der Waals surface area contributed by atoms with Crippen molar-refractivity contribution in [1.82, 2.24) is 0 Å². The summed E-state index contributed by atoms with van der Waals surface area (Å²) in [4.78, 5) is 0. The number of methoxy groups -OCH3 is 1. The van der Waals surface area contributed by atoms with Gasteiger partial charge in [-0.05, 0) is 36.1 Å². The zero-order chi connectivity index (χ0) is 10.7. The van der Waals surface area contributed by atoms with Crippen molar-refractivity contribution in [2.75, 3.05) is 18.6 Å². The fourth-order valence-corrected chi connectivity index (χ4v) is 10.1. The van der Waals surface area contributed by atoms with Crippen LogP contribution in [0.15, 0.2) is 24.3 Å². The molecule has 2 rings (SSSR count). The molecule has 0 amide bonds. The van der Waals surface area contributed by atoms with Gasteiger partial charge in [0.2, 0.25) is 4.67 Å². The lowest BCUT2D eigenvalue weighted by molar-refractivity contribution is 0.414. The fourth-order valence-electron chi connectivity index (χ4n) is 1.15. The highest BCUT2D eigenvalue weighted by atomic mass is 33.2. The Hall–Kier alpha value is 0.170. The van der Waals surface area contributed by atoms with Gasteiger partial charge >= 0.3 is 0 Å². The Balaban J connectivity index is 2.07. The first-order chi connectivity index (χ1) is 7.22. The summed E-state index contributed by atoms with van der Waals surface area (Å²) in [6.45, 7) is 0. The zero-order valence-corrected chi connectivity index (χ0v) is 11.6. The zero-order valence-electron chi connectivity index (χ0n) is 8.21. The molecule has 0 aliphatic carbocycles. The molecule has 82 valence electrons. The molecule has 0 saturated carbocycles. The molecule has 1 saturated heterocycles. The Labute approximate surface area is 103 Å². The lowest BCUT2D eigenvalue weighted by atomic mass is 10.3. The van der Waals surface area contributed by atoms with Crippen molar-refractivity contribution < 1.29 is 9.26 Å². The molecular formula is C9H11O2PS3. The highest BCUT2D eigenvalue weighted by molar-refractivity contribution is 9.00. The largest absolute Gasteiger partial charge is 0.497 e. The quantitative estimate of drug-likeness (QED) is 0.781. The summed E-state index contributed by atoms with van der Waals surface area (Å²) in [5.41, 5.74) is 0. The van der Waals surface area contributed by atoms with Crippen LogP contribution in [0.1, 0.15) is 0 Å². The van der Waals surface area contributed by atoms with Crippen molar-refractivity contribution in [1.29, 1.82) is 0 Å². The third-order valence-electron chi connectivity index (χ3n) is 1.86. The van der Waals surface area contributed by atoms with Crippen LogP contribution in [0.2, 0.25) is 0 Å². The number of rotatable bonds is 3. The van der Waals surface area contributed by atoms with Crippen molar-refractivity contribution in [3.8, 4) is 11.5 Å². The maximum atomic E-state index is 5.86. The van der Waals surface area contributed by atoms with E-state index in [2.05, 4.69) is 0 Å².